The summed E-state index contributed by atoms with van der Waals surface area (Å²) in [6.07, 6.45) is 0. The Bertz CT molecular complexity index is 743. The Morgan fingerprint density at radius 3 is 2.41 bits per heavy atom. The fourth-order valence-electron chi connectivity index (χ4n) is 2.07. The smallest absolute Gasteiger partial charge is 0.257 e. The van der Waals surface area contributed by atoms with Crippen LogP contribution in [0.4, 0.5) is 5.69 Å². The molecule has 0 saturated carbocycles. The van der Waals surface area contributed by atoms with Crippen LogP contribution in [0.25, 0.3) is 0 Å². The minimum Gasteiger partial charge on any atom is -0.332 e. The highest BCUT2D eigenvalue weighted by atomic mass is 127. The zero-order chi connectivity index (χ0) is 16.3. The zero-order valence-electron chi connectivity index (χ0n) is 12.7. The number of hydrogen-bond acceptors (Lipinski definition) is 2. The first-order valence-corrected chi connectivity index (χ1v) is 8.32. The van der Waals surface area contributed by atoms with Crippen molar-refractivity contribution < 1.29 is 4.79 Å². The minimum atomic E-state index is -0.199. The molecule has 0 aliphatic carbocycles. The van der Waals surface area contributed by atoms with Crippen LogP contribution in [0.5, 0.6) is 0 Å². The third-order valence-corrected chi connectivity index (χ3v) is 4.74. The standard InChI is InChI=1S/C17H17IN2OS/c1-10-6-4-5-7-13(10)16(21)20-17(22)19-15-9-11(2)14(18)8-12(15)3/h4-9H,1-3H3,(H2,19,20,21,22). The molecule has 0 spiro atoms. The molecule has 2 N–H and O–H groups in total. The number of halogens is 1. The van der Waals surface area contributed by atoms with Crippen molar-refractivity contribution >= 4 is 51.5 Å². The van der Waals surface area contributed by atoms with Crippen molar-refractivity contribution in [3.8, 4) is 0 Å². The number of carbonyl (C=O) groups is 1. The molecule has 114 valence electrons. The topological polar surface area (TPSA) is 41.1 Å². The van der Waals surface area contributed by atoms with Gasteiger partial charge in [-0.1, -0.05) is 18.2 Å². The predicted molar refractivity (Wildman–Crippen MR) is 103 cm³/mol. The van der Waals surface area contributed by atoms with E-state index in [4.69, 9.17) is 12.2 Å². The SMILES string of the molecule is Cc1cc(NC(=S)NC(=O)c2ccccc2C)c(C)cc1I. The Morgan fingerprint density at radius 1 is 1.05 bits per heavy atom. The largest absolute Gasteiger partial charge is 0.332 e. The lowest BCUT2D eigenvalue weighted by Crippen LogP contribution is -2.34. The first-order chi connectivity index (χ1) is 10.4. The summed E-state index contributed by atoms with van der Waals surface area (Å²) in [5, 5.41) is 6.12. The number of carbonyl (C=O) groups excluding carboxylic acids is 1. The summed E-state index contributed by atoms with van der Waals surface area (Å²) >= 11 is 7.55. The van der Waals surface area contributed by atoms with Gasteiger partial charge in [0.2, 0.25) is 0 Å². The van der Waals surface area contributed by atoms with E-state index in [9.17, 15) is 4.79 Å². The van der Waals surface area contributed by atoms with Crippen LogP contribution < -0.4 is 10.6 Å². The molecule has 0 fully saturated rings. The van der Waals surface area contributed by atoms with Crippen molar-refractivity contribution in [2.45, 2.75) is 20.8 Å². The molecule has 0 aliphatic rings. The number of amides is 1. The van der Waals surface area contributed by atoms with E-state index in [2.05, 4.69) is 39.3 Å². The molecule has 0 atom stereocenters. The lowest BCUT2D eigenvalue weighted by molar-refractivity contribution is 0.0977. The molecule has 5 heteroatoms. The Morgan fingerprint density at radius 2 is 1.73 bits per heavy atom. The van der Waals surface area contributed by atoms with Crippen LogP contribution in [0.1, 0.15) is 27.0 Å². The van der Waals surface area contributed by atoms with Crippen LogP contribution in [-0.4, -0.2) is 11.0 Å². The van der Waals surface area contributed by atoms with Gasteiger partial charge in [-0.2, -0.15) is 0 Å². The average molecular weight is 424 g/mol. The van der Waals surface area contributed by atoms with E-state index >= 15 is 0 Å². The quantitative estimate of drug-likeness (QED) is 0.557. The number of thiocarbonyl (C=S) groups is 1. The maximum absolute atomic E-state index is 12.2. The van der Waals surface area contributed by atoms with Crippen LogP contribution in [-0.2, 0) is 0 Å². The first kappa shape index (κ1) is 16.9. The van der Waals surface area contributed by atoms with E-state index in [1.807, 2.05) is 45.0 Å². The van der Waals surface area contributed by atoms with Gasteiger partial charge in [0.15, 0.2) is 5.11 Å². The average Bonchev–Trinajstić information content (AvgIpc) is 2.45. The Labute approximate surface area is 149 Å². The number of aryl methyl sites for hydroxylation is 3. The molecule has 0 bridgehead atoms. The molecule has 2 rings (SSSR count). The fourth-order valence-corrected chi connectivity index (χ4v) is 2.89. The van der Waals surface area contributed by atoms with Crippen LogP contribution in [0.2, 0.25) is 0 Å². The van der Waals surface area contributed by atoms with Gasteiger partial charge < -0.3 is 5.32 Å². The van der Waals surface area contributed by atoms with Crippen LogP contribution in [0.15, 0.2) is 36.4 Å². The van der Waals surface area contributed by atoms with Crippen molar-refractivity contribution in [2.75, 3.05) is 5.32 Å². The fraction of sp³-hybridized carbons (Fsp3) is 0.176. The maximum atomic E-state index is 12.2. The normalized spacial score (nSPS) is 10.2. The van der Waals surface area contributed by atoms with Crippen molar-refractivity contribution in [3.05, 3.63) is 62.2 Å². The molecule has 0 aromatic heterocycles. The van der Waals surface area contributed by atoms with Gasteiger partial charge in [0.25, 0.3) is 5.91 Å². The summed E-state index contributed by atoms with van der Waals surface area (Å²) in [5.41, 5.74) is 4.71. The minimum absolute atomic E-state index is 0.199. The van der Waals surface area contributed by atoms with E-state index in [1.54, 1.807) is 6.07 Å². The summed E-state index contributed by atoms with van der Waals surface area (Å²) < 4.78 is 1.20. The van der Waals surface area contributed by atoms with Gasteiger partial charge in [-0.15, -0.1) is 0 Å². The van der Waals surface area contributed by atoms with Crippen molar-refractivity contribution in [2.24, 2.45) is 0 Å². The van der Waals surface area contributed by atoms with Gasteiger partial charge in [0.05, 0.1) is 0 Å². The van der Waals surface area contributed by atoms with Crippen molar-refractivity contribution in [3.63, 3.8) is 0 Å². The lowest BCUT2D eigenvalue weighted by Gasteiger charge is -2.14. The number of anilines is 1. The summed E-state index contributed by atoms with van der Waals surface area (Å²) in [6.45, 7) is 5.95. The zero-order valence-corrected chi connectivity index (χ0v) is 15.6. The third kappa shape index (κ3) is 4.04. The maximum Gasteiger partial charge on any atom is 0.257 e. The highest BCUT2D eigenvalue weighted by Crippen LogP contribution is 2.21. The van der Waals surface area contributed by atoms with E-state index < -0.39 is 0 Å². The molecule has 0 radical (unpaired) electrons. The van der Waals surface area contributed by atoms with Gasteiger partial charge in [-0.05, 0) is 90.5 Å². The van der Waals surface area contributed by atoms with Gasteiger partial charge in [0.1, 0.15) is 0 Å². The van der Waals surface area contributed by atoms with E-state index in [-0.39, 0.29) is 5.91 Å². The van der Waals surface area contributed by atoms with E-state index in [1.165, 1.54) is 9.13 Å². The number of nitrogens with one attached hydrogen (secondary N) is 2. The molecular weight excluding hydrogens is 407 g/mol. The number of rotatable bonds is 2. The lowest BCUT2D eigenvalue weighted by atomic mass is 10.1. The highest BCUT2D eigenvalue weighted by Gasteiger charge is 2.11. The monoisotopic (exact) mass is 424 g/mol. The molecule has 1 amide bonds. The van der Waals surface area contributed by atoms with Crippen LogP contribution in [0.3, 0.4) is 0 Å². The van der Waals surface area contributed by atoms with Gasteiger partial charge in [-0.25, -0.2) is 0 Å². The van der Waals surface area contributed by atoms with Gasteiger partial charge in [-0.3, -0.25) is 10.1 Å². The Balaban J connectivity index is 2.09. The molecule has 3 nitrogen and oxygen atoms in total. The van der Waals surface area contributed by atoms with E-state index in [0.29, 0.717) is 10.7 Å². The van der Waals surface area contributed by atoms with Gasteiger partial charge >= 0.3 is 0 Å². The second-order valence-corrected chi connectivity index (χ2v) is 6.71. The molecule has 0 unspecified atom stereocenters. The molecular formula is C17H17IN2OS. The van der Waals surface area contributed by atoms with Crippen LogP contribution >= 0.6 is 34.8 Å². The highest BCUT2D eigenvalue weighted by molar-refractivity contribution is 14.1. The molecule has 0 saturated heterocycles. The Kier molecular flexibility index (Phi) is 5.52. The van der Waals surface area contributed by atoms with Crippen molar-refractivity contribution in [1.29, 1.82) is 0 Å². The second kappa shape index (κ2) is 7.19. The van der Waals surface area contributed by atoms with Gasteiger partial charge in [0, 0.05) is 14.8 Å². The molecule has 0 heterocycles. The summed E-state index contributed by atoms with van der Waals surface area (Å²) in [4.78, 5) is 12.2. The molecule has 0 aliphatic heterocycles. The van der Waals surface area contributed by atoms with Crippen molar-refractivity contribution in [1.82, 2.24) is 5.32 Å². The summed E-state index contributed by atoms with van der Waals surface area (Å²) in [6, 6.07) is 11.5. The summed E-state index contributed by atoms with van der Waals surface area (Å²) in [7, 11) is 0. The third-order valence-electron chi connectivity index (χ3n) is 3.37. The molecule has 2 aromatic rings. The Hall–Kier alpha value is -1.47. The first-order valence-electron chi connectivity index (χ1n) is 6.83. The number of benzene rings is 2. The second-order valence-electron chi connectivity index (χ2n) is 5.14. The van der Waals surface area contributed by atoms with E-state index in [0.717, 1.165) is 16.8 Å². The number of hydrogen-bond donors (Lipinski definition) is 2. The molecule has 2 aromatic carbocycles. The predicted octanol–water partition coefficient (Wildman–Crippen LogP) is 4.34. The summed E-state index contributed by atoms with van der Waals surface area (Å²) in [5.74, 6) is -0.199. The molecule has 22 heavy (non-hydrogen) atoms. The van der Waals surface area contributed by atoms with Crippen LogP contribution in [0, 0.1) is 24.3 Å².